The SMILES string of the molecule is COC(=O)C1(c2ccc(F)cc2Cl)CC1C(=O)O. The number of aliphatic carboxylic acids is 1. The number of carboxylic acid groups (broad SMARTS) is 1. The van der Waals surface area contributed by atoms with Crippen molar-refractivity contribution >= 4 is 23.5 Å². The van der Waals surface area contributed by atoms with Crippen LogP contribution in [0.4, 0.5) is 4.39 Å². The summed E-state index contributed by atoms with van der Waals surface area (Å²) >= 11 is 5.88. The molecule has 1 aliphatic carbocycles. The van der Waals surface area contributed by atoms with E-state index in [1.165, 1.54) is 13.2 Å². The Morgan fingerprint density at radius 2 is 2.22 bits per heavy atom. The Morgan fingerprint density at radius 3 is 2.67 bits per heavy atom. The van der Waals surface area contributed by atoms with Gasteiger partial charge in [0.05, 0.1) is 13.0 Å². The molecule has 96 valence electrons. The Hall–Kier alpha value is -1.62. The largest absolute Gasteiger partial charge is 0.481 e. The van der Waals surface area contributed by atoms with Crippen LogP contribution in [0.3, 0.4) is 0 Å². The van der Waals surface area contributed by atoms with Gasteiger partial charge in [0.2, 0.25) is 0 Å². The summed E-state index contributed by atoms with van der Waals surface area (Å²) in [5.74, 6) is -3.19. The summed E-state index contributed by atoms with van der Waals surface area (Å²) in [7, 11) is 1.18. The Balaban J connectivity index is 2.50. The highest BCUT2D eigenvalue weighted by Crippen LogP contribution is 2.56. The number of methoxy groups -OCH3 is 1. The number of halogens is 2. The predicted molar refractivity (Wildman–Crippen MR) is 60.8 cm³/mol. The van der Waals surface area contributed by atoms with Crippen molar-refractivity contribution in [1.82, 2.24) is 0 Å². The molecule has 0 bridgehead atoms. The average molecular weight is 273 g/mol. The molecule has 1 aromatic rings. The minimum Gasteiger partial charge on any atom is -0.481 e. The van der Waals surface area contributed by atoms with Crippen LogP contribution in [0.1, 0.15) is 12.0 Å². The van der Waals surface area contributed by atoms with Gasteiger partial charge in [0, 0.05) is 5.02 Å². The number of hydrogen-bond acceptors (Lipinski definition) is 3. The van der Waals surface area contributed by atoms with Gasteiger partial charge in [-0.3, -0.25) is 9.59 Å². The third kappa shape index (κ3) is 1.75. The maximum Gasteiger partial charge on any atom is 0.317 e. The summed E-state index contributed by atoms with van der Waals surface area (Å²) in [6.07, 6.45) is 0.111. The quantitative estimate of drug-likeness (QED) is 0.855. The standard InChI is InChI=1S/C12H10ClFO4/c1-18-11(17)12(5-8(12)10(15)16)7-3-2-6(14)4-9(7)13/h2-4,8H,5H2,1H3,(H,15,16). The second kappa shape index (κ2) is 4.24. The molecule has 1 aliphatic rings. The number of carboxylic acids is 1. The molecule has 0 aliphatic heterocycles. The Labute approximate surface area is 107 Å². The van der Waals surface area contributed by atoms with Gasteiger partial charge in [-0.25, -0.2) is 4.39 Å². The minimum atomic E-state index is -1.29. The van der Waals surface area contributed by atoms with Gasteiger partial charge in [-0.05, 0) is 24.1 Å². The fourth-order valence-corrected chi connectivity index (χ4v) is 2.56. The zero-order valence-corrected chi connectivity index (χ0v) is 10.2. The molecule has 18 heavy (non-hydrogen) atoms. The molecular formula is C12H10ClFO4. The van der Waals surface area contributed by atoms with Crippen LogP contribution in [0.25, 0.3) is 0 Å². The lowest BCUT2D eigenvalue weighted by molar-refractivity contribution is -0.148. The molecule has 1 N–H and O–H groups in total. The van der Waals surface area contributed by atoms with E-state index in [4.69, 9.17) is 16.7 Å². The molecule has 0 aromatic heterocycles. The van der Waals surface area contributed by atoms with Crippen molar-refractivity contribution in [1.29, 1.82) is 0 Å². The number of esters is 1. The maximum absolute atomic E-state index is 13.0. The van der Waals surface area contributed by atoms with Crippen molar-refractivity contribution in [3.8, 4) is 0 Å². The smallest absolute Gasteiger partial charge is 0.317 e. The zero-order valence-electron chi connectivity index (χ0n) is 9.44. The Bertz CT molecular complexity index is 531. The first kappa shape index (κ1) is 12.8. The molecule has 1 saturated carbocycles. The van der Waals surface area contributed by atoms with E-state index in [0.717, 1.165) is 12.1 Å². The van der Waals surface area contributed by atoms with Crippen LogP contribution in [-0.4, -0.2) is 24.2 Å². The molecule has 4 nitrogen and oxygen atoms in total. The molecule has 0 heterocycles. The van der Waals surface area contributed by atoms with Gasteiger partial charge in [0.15, 0.2) is 0 Å². The molecule has 2 unspecified atom stereocenters. The lowest BCUT2D eigenvalue weighted by Crippen LogP contribution is -2.27. The van der Waals surface area contributed by atoms with E-state index in [9.17, 15) is 14.0 Å². The number of carbonyl (C=O) groups is 2. The van der Waals surface area contributed by atoms with Crippen LogP contribution in [0.5, 0.6) is 0 Å². The highest BCUT2D eigenvalue weighted by Gasteiger charge is 2.66. The number of hydrogen-bond donors (Lipinski definition) is 1. The van der Waals surface area contributed by atoms with Gasteiger partial charge in [-0.2, -0.15) is 0 Å². The summed E-state index contributed by atoms with van der Waals surface area (Å²) in [5, 5.41) is 9.05. The van der Waals surface area contributed by atoms with Crippen molar-refractivity contribution in [2.45, 2.75) is 11.8 Å². The first-order chi connectivity index (χ1) is 8.43. The molecule has 1 fully saturated rings. The number of ether oxygens (including phenoxy) is 1. The molecule has 0 radical (unpaired) electrons. The van der Waals surface area contributed by atoms with E-state index in [2.05, 4.69) is 4.74 Å². The first-order valence-corrected chi connectivity index (χ1v) is 5.58. The van der Waals surface area contributed by atoms with E-state index < -0.39 is 29.1 Å². The summed E-state index contributed by atoms with van der Waals surface area (Å²) in [6.45, 7) is 0. The molecule has 0 spiro atoms. The van der Waals surface area contributed by atoms with Crippen LogP contribution in [0.15, 0.2) is 18.2 Å². The van der Waals surface area contributed by atoms with Crippen LogP contribution in [-0.2, 0) is 19.7 Å². The van der Waals surface area contributed by atoms with Crippen molar-refractivity contribution < 1.29 is 23.8 Å². The molecule has 6 heteroatoms. The summed E-state index contributed by atoms with van der Waals surface area (Å²) < 4.78 is 17.6. The zero-order chi connectivity index (χ0) is 13.5. The molecule has 1 aromatic carbocycles. The Kier molecular flexibility index (Phi) is 3.02. The molecule has 0 amide bonds. The lowest BCUT2D eigenvalue weighted by atomic mass is 9.93. The molecular weight excluding hydrogens is 263 g/mol. The van der Waals surface area contributed by atoms with E-state index in [-0.39, 0.29) is 11.4 Å². The maximum atomic E-state index is 13.0. The van der Waals surface area contributed by atoms with E-state index in [1.54, 1.807) is 0 Å². The third-order valence-electron chi connectivity index (χ3n) is 3.22. The fourth-order valence-electron chi connectivity index (χ4n) is 2.23. The molecule has 0 saturated heterocycles. The Morgan fingerprint density at radius 1 is 1.56 bits per heavy atom. The highest BCUT2D eigenvalue weighted by molar-refractivity contribution is 6.32. The highest BCUT2D eigenvalue weighted by atomic mass is 35.5. The topological polar surface area (TPSA) is 63.6 Å². The van der Waals surface area contributed by atoms with E-state index in [0.29, 0.717) is 5.56 Å². The number of rotatable bonds is 3. The molecule has 2 atom stereocenters. The van der Waals surface area contributed by atoms with Crippen LogP contribution in [0, 0.1) is 11.7 Å². The van der Waals surface area contributed by atoms with Crippen LogP contribution in [0.2, 0.25) is 5.02 Å². The van der Waals surface area contributed by atoms with Gasteiger partial charge in [0.1, 0.15) is 11.2 Å². The second-order valence-corrected chi connectivity index (χ2v) is 4.59. The van der Waals surface area contributed by atoms with Crippen molar-refractivity contribution in [2.24, 2.45) is 5.92 Å². The van der Waals surface area contributed by atoms with Gasteiger partial charge < -0.3 is 9.84 Å². The van der Waals surface area contributed by atoms with Gasteiger partial charge in [0.25, 0.3) is 0 Å². The van der Waals surface area contributed by atoms with E-state index >= 15 is 0 Å². The number of carbonyl (C=O) groups excluding carboxylic acids is 1. The van der Waals surface area contributed by atoms with Crippen molar-refractivity contribution in [3.05, 3.63) is 34.6 Å². The van der Waals surface area contributed by atoms with Gasteiger partial charge in [-0.15, -0.1) is 0 Å². The van der Waals surface area contributed by atoms with Crippen molar-refractivity contribution in [3.63, 3.8) is 0 Å². The van der Waals surface area contributed by atoms with Crippen molar-refractivity contribution in [2.75, 3.05) is 7.11 Å². The summed E-state index contributed by atoms with van der Waals surface area (Å²) in [5.41, 5.74) is -0.990. The van der Waals surface area contributed by atoms with Crippen LogP contribution >= 0.6 is 11.6 Å². The molecule has 2 rings (SSSR count). The second-order valence-electron chi connectivity index (χ2n) is 4.18. The van der Waals surface area contributed by atoms with Gasteiger partial charge in [-0.1, -0.05) is 17.7 Å². The number of benzene rings is 1. The third-order valence-corrected chi connectivity index (χ3v) is 3.53. The van der Waals surface area contributed by atoms with E-state index in [1.807, 2.05) is 0 Å². The lowest BCUT2D eigenvalue weighted by Gasteiger charge is -2.15. The minimum absolute atomic E-state index is 0.0316. The first-order valence-electron chi connectivity index (χ1n) is 5.20. The average Bonchev–Trinajstić information content (AvgIpc) is 3.04. The summed E-state index contributed by atoms with van der Waals surface area (Å²) in [6, 6.07) is 3.53. The van der Waals surface area contributed by atoms with Gasteiger partial charge >= 0.3 is 11.9 Å². The summed E-state index contributed by atoms with van der Waals surface area (Å²) in [4.78, 5) is 22.8. The van der Waals surface area contributed by atoms with Crippen LogP contribution < -0.4 is 0 Å². The normalized spacial score (nSPS) is 25.6. The monoisotopic (exact) mass is 272 g/mol. The predicted octanol–water partition coefficient (Wildman–Crippen LogP) is 1.99. The fraction of sp³-hybridized carbons (Fsp3) is 0.333.